The van der Waals surface area contributed by atoms with Crippen molar-refractivity contribution in [3.05, 3.63) is 83.4 Å². The Bertz CT molecular complexity index is 1060. The standard InChI is InChI=1S/C22H20N4O/c1-15-13-18(17(3)25(15)19-9-11-23-12-10-19)14-21-16(2)24-26(22(21)27)20-7-5-4-6-8-20/h4-14H,1-3H3. The van der Waals surface area contributed by atoms with E-state index in [1.54, 1.807) is 12.4 Å². The molecule has 3 aromatic rings. The molecule has 3 heterocycles. The van der Waals surface area contributed by atoms with Crippen molar-refractivity contribution in [1.29, 1.82) is 0 Å². The summed E-state index contributed by atoms with van der Waals surface area (Å²) < 4.78 is 2.16. The van der Waals surface area contributed by atoms with E-state index < -0.39 is 0 Å². The fourth-order valence-electron chi connectivity index (χ4n) is 3.41. The van der Waals surface area contributed by atoms with Crippen LogP contribution in [0.2, 0.25) is 0 Å². The zero-order chi connectivity index (χ0) is 19.0. The molecule has 0 radical (unpaired) electrons. The number of hydrogen-bond donors (Lipinski definition) is 0. The van der Waals surface area contributed by atoms with Crippen LogP contribution in [0.3, 0.4) is 0 Å². The van der Waals surface area contributed by atoms with Crippen LogP contribution in [0.1, 0.15) is 23.9 Å². The first-order valence-electron chi connectivity index (χ1n) is 8.82. The predicted molar refractivity (Wildman–Crippen MR) is 108 cm³/mol. The van der Waals surface area contributed by atoms with E-state index in [2.05, 4.69) is 34.6 Å². The van der Waals surface area contributed by atoms with E-state index in [0.29, 0.717) is 5.57 Å². The third kappa shape index (κ3) is 2.97. The summed E-state index contributed by atoms with van der Waals surface area (Å²) in [5, 5.41) is 5.91. The number of aromatic nitrogens is 2. The molecule has 0 unspecified atom stereocenters. The zero-order valence-electron chi connectivity index (χ0n) is 15.5. The fraction of sp³-hybridized carbons (Fsp3) is 0.136. The molecule has 5 heteroatoms. The van der Waals surface area contributed by atoms with Gasteiger partial charge in [0, 0.05) is 29.5 Å². The van der Waals surface area contributed by atoms with Gasteiger partial charge in [0.25, 0.3) is 5.91 Å². The van der Waals surface area contributed by atoms with Crippen molar-refractivity contribution in [2.45, 2.75) is 20.8 Å². The van der Waals surface area contributed by atoms with Crippen LogP contribution in [-0.4, -0.2) is 21.2 Å². The van der Waals surface area contributed by atoms with Crippen LogP contribution in [0.5, 0.6) is 0 Å². The lowest BCUT2D eigenvalue weighted by atomic mass is 10.1. The van der Waals surface area contributed by atoms with E-state index in [9.17, 15) is 4.79 Å². The maximum atomic E-state index is 12.9. The first kappa shape index (κ1) is 17.0. The Morgan fingerprint density at radius 1 is 0.926 bits per heavy atom. The van der Waals surface area contributed by atoms with E-state index in [-0.39, 0.29) is 5.91 Å². The van der Waals surface area contributed by atoms with Crippen molar-refractivity contribution in [1.82, 2.24) is 9.55 Å². The van der Waals surface area contributed by atoms with Crippen LogP contribution in [-0.2, 0) is 4.79 Å². The van der Waals surface area contributed by atoms with Gasteiger partial charge in [-0.25, -0.2) is 0 Å². The third-order valence-corrected chi connectivity index (χ3v) is 4.75. The van der Waals surface area contributed by atoms with E-state index in [1.165, 1.54) is 5.01 Å². The highest BCUT2D eigenvalue weighted by Crippen LogP contribution is 2.27. The van der Waals surface area contributed by atoms with Gasteiger partial charge in [-0.2, -0.15) is 10.1 Å². The molecule has 134 valence electrons. The number of carbonyl (C=O) groups excluding carboxylic acids is 1. The quantitative estimate of drug-likeness (QED) is 0.657. The van der Waals surface area contributed by atoms with Gasteiger partial charge in [0.05, 0.1) is 17.0 Å². The van der Waals surface area contributed by atoms with Gasteiger partial charge in [-0.15, -0.1) is 0 Å². The number of aryl methyl sites for hydroxylation is 1. The number of amides is 1. The minimum atomic E-state index is -0.104. The molecule has 0 atom stereocenters. The number of para-hydroxylation sites is 1. The maximum Gasteiger partial charge on any atom is 0.280 e. The Labute approximate surface area is 158 Å². The van der Waals surface area contributed by atoms with Crippen LogP contribution in [0.4, 0.5) is 5.69 Å². The van der Waals surface area contributed by atoms with Crippen molar-refractivity contribution in [3.8, 4) is 5.69 Å². The molecule has 27 heavy (non-hydrogen) atoms. The van der Waals surface area contributed by atoms with E-state index in [4.69, 9.17) is 0 Å². The molecule has 0 saturated heterocycles. The monoisotopic (exact) mass is 356 g/mol. The number of rotatable bonds is 3. The Balaban J connectivity index is 1.73. The fourth-order valence-corrected chi connectivity index (χ4v) is 3.41. The van der Waals surface area contributed by atoms with Gasteiger partial charge in [0.2, 0.25) is 0 Å². The molecule has 1 aliphatic heterocycles. The van der Waals surface area contributed by atoms with Crippen molar-refractivity contribution < 1.29 is 4.79 Å². The number of hydrogen-bond acceptors (Lipinski definition) is 3. The lowest BCUT2D eigenvalue weighted by Crippen LogP contribution is -2.21. The first-order chi connectivity index (χ1) is 13.1. The van der Waals surface area contributed by atoms with E-state index >= 15 is 0 Å². The van der Waals surface area contributed by atoms with E-state index in [0.717, 1.165) is 34.0 Å². The Morgan fingerprint density at radius 3 is 2.33 bits per heavy atom. The van der Waals surface area contributed by atoms with Crippen molar-refractivity contribution in [2.75, 3.05) is 5.01 Å². The Morgan fingerprint density at radius 2 is 1.63 bits per heavy atom. The zero-order valence-corrected chi connectivity index (χ0v) is 15.5. The number of benzene rings is 1. The van der Waals surface area contributed by atoms with Gasteiger partial charge < -0.3 is 4.57 Å². The van der Waals surface area contributed by atoms with Gasteiger partial charge in [0.1, 0.15) is 0 Å². The van der Waals surface area contributed by atoms with Gasteiger partial charge in [0.15, 0.2) is 0 Å². The molecule has 0 N–H and O–H groups in total. The van der Waals surface area contributed by atoms with Crippen molar-refractivity contribution in [3.63, 3.8) is 0 Å². The average molecular weight is 356 g/mol. The molecular formula is C22H20N4O. The molecule has 5 nitrogen and oxygen atoms in total. The molecule has 1 aliphatic rings. The van der Waals surface area contributed by atoms with Crippen LogP contribution >= 0.6 is 0 Å². The largest absolute Gasteiger partial charge is 0.318 e. The lowest BCUT2D eigenvalue weighted by molar-refractivity contribution is -0.114. The summed E-state index contributed by atoms with van der Waals surface area (Å²) in [5.74, 6) is -0.104. The third-order valence-electron chi connectivity index (χ3n) is 4.75. The highest BCUT2D eigenvalue weighted by Gasteiger charge is 2.29. The topological polar surface area (TPSA) is 50.5 Å². The van der Waals surface area contributed by atoms with Gasteiger partial charge in [-0.1, -0.05) is 18.2 Å². The first-order valence-corrected chi connectivity index (χ1v) is 8.82. The van der Waals surface area contributed by atoms with Crippen LogP contribution in [0, 0.1) is 13.8 Å². The van der Waals surface area contributed by atoms with Crippen molar-refractivity contribution >= 4 is 23.4 Å². The molecule has 2 aromatic heterocycles. The van der Waals surface area contributed by atoms with Gasteiger partial charge >= 0.3 is 0 Å². The molecule has 0 spiro atoms. The number of hydrazone groups is 1. The van der Waals surface area contributed by atoms with Crippen LogP contribution in [0.25, 0.3) is 11.8 Å². The summed E-state index contributed by atoms with van der Waals surface area (Å²) >= 11 is 0. The normalized spacial score (nSPS) is 15.5. The molecule has 1 amide bonds. The second kappa shape index (κ2) is 6.68. The minimum absolute atomic E-state index is 0.104. The maximum absolute atomic E-state index is 12.9. The summed E-state index contributed by atoms with van der Waals surface area (Å²) in [5.41, 5.74) is 6.35. The molecule has 1 aromatic carbocycles. The molecule has 0 bridgehead atoms. The summed E-state index contributed by atoms with van der Waals surface area (Å²) in [6.07, 6.45) is 5.49. The predicted octanol–water partition coefficient (Wildman–Crippen LogP) is 4.30. The average Bonchev–Trinajstić information content (AvgIpc) is 3.13. The van der Waals surface area contributed by atoms with E-state index in [1.807, 2.05) is 55.5 Å². The lowest BCUT2D eigenvalue weighted by Gasteiger charge is -2.11. The van der Waals surface area contributed by atoms with Crippen molar-refractivity contribution in [2.24, 2.45) is 5.10 Å². The van der Waals surface area contributed by atoms with Gasteiger partial charge in [-0.05, 0) is 62.7 Å². The molecule has 0 aliphatic carbocycles. The molecule has 0 fully saturated rings. The molecular weight excluding hydrogens is 336 g/mol. The number of carbonyl (C=O) groups is 1. The summed E-state index contributed by atoms with van der Waals surface area (Å²) in [7, 11) is 0. The summed E-state index contributed by atoms with van der Waals surface area (Å²) in [6.45, 7) is 5.98. The Hall–Kier alpha value is -3.47. The highest BCUT2D eigenvalue weighted by molar-refractivity contribution is 6.32. The molecule has 4 rings (SSSR count). The number of anilines is 1. The van der Waals surface area contributed by atoms with Gasteiger partial charge in [-0.3, -0.25) is 9.78 Å². The number of nitrogens with zero attached hydrogens (tertiary/aromatic N) is 4. The van der Waals surface area contributed by atoms with Crippen LogP contribution < -0.4 is 5.01 Å². The summed E-state index contributed by atoms with van der Waals surface area (Å²) in [6, 6.07) is 15.5. The second-order valence-electron chi connectivity index (χ2n) is 6.56. The SMILES string of the molecule is CC1=NN(c2ccccc2)C(=O)C1=Cc1cc(C)n(-c2ccncc2)c1C. The Kier molecular flexibility index (Phi) is 4.20. The highest BCUT2D eigenvalue weighted by atomic mass is 16.2. The second-order valence-corrected chi connectivity index (χ2v) is 6.56. The summed E-state index contributed by atoms with van der Waals surface area (Å²) in [4.78, 5) is 17.0. The van der Waals surface area contributed by atoms with Crippen LogP contribution in [0.15, 0.2) is 71.6 Å². The molecule has 0 saturated carbocycles. The minimum Gasteiger partial charge on any atom is -0.318 e. The smallest absolute Gasteiger partial charge is 0.280 e. The number of pyridine rings is 1.